The number of benzene rings is 1. The van der Waals surface area contributed by atoms with E-state index in [1.165, 1.54) is 0 Å². The van der Waals surface area contributed by atoms with Crippen LogP contribution in [0, 0.1) is 5.92 Å². The molecule has 0 saturated heterocycles. The summed E-state index contributed by atoms with van der Waals surface area (Å²) < 4.78 is 0. The number of nitrogens with two attached hydrogens (primary N) is 1. The van der Waals surface area contributed by atoms with E-state index in [0.717, 1.165) is 16.8 Å². The number of carboxylic acid groups (broad SMARTS) is 1. The van der Waals surface area contributed by atoms with E-state index in [-0.39, 0.29) is 0 Å². The molecule has 5 nitrogen and oxygen atoms in total. The zero-order valence-electron chi connectivity index (χ0n) is 12.0. The molecule has 0 spiro atoms. The van der Waals surface area contributed by atoms with Crippen LogP contribution in [0.5, 0.6) is 0 Å². The van der Waals surface area contributed by atoms with Crippen molar-refractivity contribution in [1.82, 2.24) is 9.97 Å². The molecule has 110 valence electrons. The first-order chi connectivity index (χ1) is 10.1. The molecule has 21 heavy (non-hydrogen) atoms. The van der Waals surface area contributed by atoms with Crippen LogP contribution in [0.3, 0.4) is 0 Å². The normalized spacial score (nSPS) is 12.1. The van der Waals surface area contributed by atoms with Crippen molar-refractivity contribution >= 4 is 5.97 Å². The first-order valence-electron chi connectivity index (χ1n) is 6.98. The van der Waals surface area contributed by atoms with Crippen LogP contribution in [0.4, 0.5) is 0 Å². The standard InChI is InChI=1S/C16H19N3O2/c1-2-12(16(20)21)9-14-7-8-18-15(19-14)13-5-3-11(10-17)4-6-13/h3-8,12H,2,9-10,17H2,1H3,(H,20,21). The number of carboxylic acids is 1. The zero-order valence-corrected chi connectivity index (χ0v) is 12.0. The van der Waals surface area contributed by atoms with E-state index in [9.17, 15) is 4.79 Å². The van der Waals surface area contributed by atoms with Crippen molar-refractivity contribution in [2.45, 2.75) is 26.3 Å². The lowest BCUT2D eigenvalue weighted by atomic mass is 10.0. The van der Waals surface area contributed by atoms with Crippen molar-refractivity contribution in [1.29, 1.82) is 0 Å². The molecule has 2 aromatic rings. The van der Waals surface area contributed by atoms with Crippen LogP contribution < -0.4 is 5.73 Å². The molecule has 2 rings (SSSR count). The smallest absolute Gasteiger partial charge is 0.306 e. The summed E-state index contributed by atoms with van der Waals surface area (Å²) in [6, 6.07) is 9.50. The third kappa shape index (κ3) is 3.86. The Kier molecular flexibility index (Phi) is 5.00. The Labute approximate surface area is 123 Å². The molecule has 0 aliphatic rings. The molecule has 0 bridgehead atoms. The molecule has 0 fully saturated rings. The van der Waals surface area contributed by atoms with E-state index < -0.39 is 11.9 Å². The molecule has 1 heterocycles. The monoisotopic (exact) mass is 285 g/mol. The van der Waals surface area contributed by atoms with Gasteiger partial charge in [-0.25, -0.2) is 9.97 Å². The Hall–Kier alpha value is -2.27. The SMILES string of the molecule is CCC(Cc1ccnc(-c2ccc(CN)cc2)n1)C(=O)O. The third-order valence-corrected chi connectivity index (χ3v) is 3.46. The van der Waals surface area contributed by atoms with Crippen LogP contribution in [-0.2, 0) is 17.8 Å². The lowest BCUT2D eigenvalue weighted by Crippen LogP contribution is -2.16. The number of aromatic nitrogens is 2. The molecule has 0 aliphatic carbocycles. The van der Waals surface area contributed by atoms with Crippen LogP contribution in [-0.4, -0.2) is 21.0 Å². The van der Waals surface area contributed by atoms with Gasteiger partial charge in [0.1, 0.15) is 0 Å². The van der Waals surface area contributed by atoms with Gasteiger partial charge < -0.3 is 10.8 Å². The number of hydrogen-bond acceptors (Lipinski definition) is 4. The molecule has 1 aromatic heterocycles. The fourth-order valence-electron chi connectivity index (χ4n) is 2.10. The highest BCUT2D eigenvalue weighted by Crippen LogP contribution is 2.17. The summed E-state index contributed by atoms with van der Waals surface area (Å²) in [5, 5.41) is 9.12. The van der Waals surface area contributed by atoms with Crippen LogP contribution in [0.25, 0.3) is 11.4 Å². The van der Waals surface area contributed by atoms with E-state index in [4.69, 9.17) is 10.8 Å². The van der Waals surface area contributed by atoms with Gasteiger partial charge >= 0.3 is 5.97 Å². The van der Waals surface area contributed by atoms with Crippen molar-refractivity contribution in [3.05, 3.63) is 47.8 Å². The Morgan fingerprint density at radius 1 is 1.29 bits per heavy atom. The van der Waals surface area contributed by atoms with E-state index in [2.05, 4.69) is 9.97 Å². The van der Waals surface area contributed by atoms with Gasteiger partial charge in [0, 0.05) is 30.4 Å². The van der Waals surface area contributed by atoms with Gasteiger partial charge in [0.25, 0.3) is 0 Å². The van der Waals surface area contributed by atoms with Gasteiger partial charge in [0.2, 0.25) is 0 Å². The van der Waals surface area contributed by atoms with Gasteiger partial charge in [-0.15, -0.1) is 0 Å². The maximum Gasteiger partial charge on any atom is 0.306 e. The maximum absolute atomic E-state index is 11.1. The molecular weight excluding hydrogens is 266 g/mol. The second-order valence-electron chi connectivity index (χ2n) is 4.92. The Balaban J connectivity index is 2.22. The topological polar surface area (TPSA) is 89.1 Å². The van der Waals surface area contributed by atoms with E-state index in [1.807, 2.05) is 31.2 Å². The molecule has 1 aromatic carbocycles. The molecule has 0 amide bonds. The van der Waals surface area contributed by atoms with E-state index >= 15 is 0 Å². The van der Waals surface area contributed by atoms with Gasteiger partial charge in [-0.05, 0) is 18.1 Å². The number of carbonyl (C=O) groups is 1. The second-order valence-corrected chi connectivity index (χ2v) is 4.92. The minimum Gasteiger partial charge on any atom is -0.481 e. The summed E-state index contributed by atoms with van der Waals surface area (Å²) in [5.74, 6) is -0.589. The summed E-state index contributed by atoms with van der Waals surface area (Å²) in [5.41, 5.74) is 8.27. The largest absolute Gasteiger partial charge is 0.481 e. The van der Waals surface area contributed by atoms with Crippen molar-refractivity contribution in [2.75, 3.05) is 0 Å². The van der Waals surface area contributed by atoms with E-state index in [0.29, 0.717) is 25.2 Å². The number of rotatable bonds is 6. The van der Waals surface area contributed by atoms with Gasteiger partial charge in [0.05, 0.1) is 5.92 Å². The van der Waals surface area contributed by atoms with Gasteiger partial charge in [-0.1, -0.05) is 31.2 Å². The first-order valence-corrected chi connectivity index (χ1v) is 6.98. The van der Waals surface area contributed by atoms with Gasteiger partial charge in [-0.3, -0.25) is 4.79 Å². The predicted molar refractivity (Wildman–Crippen MR) is 80.5 cm³/mol. The van der Waals surface area contributed by atoms with Crippen LogP contribution in [0.15, 0.2) is 36.5 Å². The van der Waals surface area contributed by atoms with Crippen LogP contribution >= 0.6 is 0 Å². The Morgan fingerprint density at radius 3 is 2.57 bits per heavy atom. The van der Waals surface area contributed by atoms with E-state index in [1.54, 1.807) is 12.3 Å². The number of nitrogens with zero attached hydrogens (tertiary/aromatic N) is 2. The molecule has 3 N–H and O–H groups in total. The highest BCUT2D eigenvalue weighted by Gasteiger charge is 2.16. The maximum atomic E-state index is 11.1. The summed E-state index contributed by atoms with van der Waals surface area (Å²) in [7, 11) is 0. The second kappa shape index (κ2) is 6.95. The summed E-state index contributed by atoms with van der Waals surface area (Å²) >= 11 is 0. The molecule has 0 radical (unpaired) electrons. The number of aliphatic carboxylic acids is 1. The van der Waals surface area contributed by atoms with Crippen molar-refractivity contribution < 1.29 is 9.90 Å². The summed E-state index contributed by atoms with van der Waals surface area (Å²) in [4.78, 5) is 19.8. The molecule has 0 aliphatic heterocycles. The lowest BCUT2D eigenvalue weighted by Gasteiger charge is -2.09. The fraction of sp³-hybridized carbons (Fsp3) is 0.312. The van der Waals surface area contributed by atoms with Crippen molar-refractivity contribution in [2.24, 2.45) is 11.7 Å². The summed E-state index contributed by atoms with van der Waals surface area (Å²) in [6.45, 7) is 2.37. The minimum absolute atomic E-state index is 0.410. The quantitative estimate of drug-likeness (QED) is 0.849. The van der Waals surface area contributed by atoms with Crippen LogP contribution in [0.2, 0.25) is 0 Å². The highest BCUT2D eigenvalue weighted by molar-refractivity contribution is 5.70. The molecular formula is C16H19N3O2. The van der Waals surface area contributed by atoms with Gasteiger partial charge in [-0.2, -0.15) is 0 Å². The average molecular weight is 285 g/mol. The Morgan fingerprint density at radius 2 is 2.00 bits per heavy atom. The van der Waals surface area contributed by atoms with Crippen molar-refractivity contribution in [3.8, 4) is 11.4 Å². The average Bonchev–Trinajstić information content (AvgIpc) is 2.52. The lowest BCUT2D eigenvalue weighted by molar-refractivity contribution is -0.141. The summed E-state index contributed by atoms with van der Waals surface area (Å²) in [6.07, 6.45) is 2.67. The third-order valence-electron chi connectivity index (χ3n) is 3.46. The molecule has 1 atom stereocenters. The Bertz CT molecular complexity index is 611. The molecule has 0 saturated carbocycles. The highest BCUT2D eigenvalue weighted by atomic mass is 16.4. The first kappa shape index (κ1) is 15.1. The molecule has 5 heteroatoms. The molecule has 1 unspecified atom stereocenters. The zero-order chi connectivity index (χ0) is 15.2. The fourth-order valence-corrected chi connectivity index (χ4v) is 2.10. The van der Waals surface area contributed by atoms with Crippen molar-refractivity contribution in [3.63, 3.8) is 0 Å². The van der Waals surface area contributed by atoms with Gasteiger partial charge in [0.15, 0.2) is 5.82 Å². The minimum atomic E-state index is -0.787. The van der Waals surface area contributed by atoms with Crippen LogP contribution in [0.1, 0.15) is 24.6 Å². The number of hydrogen-bond donors (Lipinski definition) is 2. The predicted octanol–water partition coefficient (Wildman–Crippen LogP) is 2.26.